The lowest BCUT2D eigenvalue weighted by atomic mass is 9.98. The number of nitrogens with zero attached hydrogens (tertiary/aromatic N) is 1. The van der Waals surface area contributed by atoms with Crippen molar-refractivity contribution in [3.8, 4) is 0 Å². The molecule has 1 heteroatoms. The van der Waals surface area contributed by atoms with Crippen molar-refractivity contribution in [3.63, 3.8) is 0 Å². The van der Waals surface area contributed by atoms with E-state index in [0.29, 0.717) is 0 Å². The molecule has 47 heavy (non-hydrogen) atoms. The molecule has 0 atom stereocenters. The summed E-state index contributed by atoms with van der Waals surface area (Å²) in [6.45, 7) is 23.8. The quantitative estimate of drug-likeness (QED) is 0.131. The minimum Gasteiger partial charge on any atom is -0.344 e. The SMILES string of the molecule is C=CC/C1=C(\C=C/CC)N(/C=C/C=C(\C=C/C)Cc2ccc(C(/C=C\C(=C)CC(=C)/C=C\C(C)=C/C)=C/C)cc2)C/C=C\C=CCC1. The lowest BCUT2D eigenvalue weighted by Gasteiger charge is -2.24. The summed E-state index contributed by atoms with van der Waals surface area (Å²) in [5, 5.41) is 0. The van der Waals surface area contributed by atoms with Crippen LogP contribution in [0.15, 0.2) is 187 Å². The Balaban J connectivity index is 2.21. The number of hydrogen-bond donors (Lipinski definition) is 0. The summed E-state index contributed by atoms with van der Waals surface area (Å²) in [5.74, 6) is 0. The van der Waals surface area contributed by atoms with E-state index in [2.05, 4.69) is 180 Å². The van der Waals surface area contributed by atoms with Crippen LogP contribution in [0, 0.1) is 0 Å². The summed E-state index contributed by atoms with van der Waals surface area (Å²) >= 11 is 0. The van der Waals surface area contributed by atoms with E-state index in [1.807, 2.05) is 13.0 Å². The predicted octanol–water partition coefficient (Wildman–Crippen LogP) is 13.2. The smallest absolute Gasteiger partial charge is 0.0409 e. The lowest BCUT2D eigenvalue weighted by Crippen LogP contribution is -2.18. The van der Waals surface area contributed by atoms with Gasteiger partial charge in [0.1, 0.15) is 0 Å². The molecule has 1 heterocycles. The molecule has 1 aromatic carbocycles. The van der Waals surface area contributed by atoms with E-state index in [9.17, 15) is 0 Å². The van der Waals surface area contributed by atoms with Gasteiger partial charge in [-0.05, 0) is 106 Å². The Morgan fingerprint density at radius 2 is 1.62 bits per heavy atom. The number of hydrogen-bond acceptors (Lipinski definition) is 1. The number of benzene rings is 1. The molecule has 2 rings (SSSR count). The lowest BCUT2D eigenvalue weighted by molar-refractivity contribution is 0.521. The zero-order chi connectivity index (χ0) is 34.3. The third kappa shape index (κ3) is 15.0. The summed E-state index contributed by atoms with van der Waals surface area (Å²) in [4.78, 5) is 2.36. The van der Waals surface area contributed by atoms with E-state index >= 15 is 0 Å². The van der Waals surface area contributed by atoms with Gasteiger partial charge in [-0.2, -0.15) is 0 Å². The maximum atomic E-state index is 4.25. The Morgan fingerprint density at radius 3 is 2.28 bits per heavy atom. The molecule has 1 aromatic rings. The van der Waals surface area contributed by atoms with Crippen molar-refractivity contribution < 1.29 is 0 Å². The second kappa shape index (κ2) is 22.8. The molecule has 0 bridgehead atoms. The second-order valence-corrected chi connectivity index (χ2v) is 11.7. The predicted molar refractivity (Wildman–Crippen MR) is 212 cm³/mol. The van der Waals surface area contributed by atoms with Crippen LogP contribution in [0.5, 0.6) is 0 Å². The van der Waals surface area contributed by atoms with Gasteiger partial charge in [-0.1, -0.05) is 152 Å². The molecule has 1 aliphatic heterocycles. The first-order valence-electron chi connectivity index (χ1n) is 17.0. The van der Waals surface area contributed by atoms with Crippen molar-refractivity contribution in [3.05, 3.63) is 198 Å². The molecular formula is C46H57N. The summed E-state index contributed by atoms with van der Waals surface area (Å²) in [7, 11) is 0. The van der Waals surface area contributed by atoms with E-state index in [-0.39, 0.29) is 0 Å². The molecule has 0 radical (unpaired) electrons. The highest BCUT2D eigenvalue weighted by molar-refractivity contribution is 5.74. The molecule has 0 aromatic heterocycles. The van der Waals surface area contributed by atoms with Crippen LogP contribution in [0.3, 0.4) is 0 Å². The molecule has 1 nitrogen and oxygen atoms in total. The first-order chi connectivity index (χ1) is 22.8. The topological polar surface area (TPSA) is 3.24 Å². The number of rotatable bonds is 16. The van der Waals surface area contributed by atoms with Crippen LogP contribution in [0.4, 0.5) is 0 Å². The molecule has 0 fully saturated rings. The fourth-order valence-electron chi connectivity index (χ4n) is 5.11. The fourth-order valence-corrected chi connectivity index (χ4v) is 5.11. The van der Waals surface area contributed by atoms with E-state index < -0.39 is 0 Å². The average molecular weight is 624 g/mol. The Labute approximate surface area is 287 Å². The van der Waals surface area contributed by atoms with E-state index in [1.54, 1.807) is 0 Å². The van der Waals surface area contributed by atoms with E-state index in [4.69, 9.17) is 0 Å². The average Bonchev–Trinajstić information content (AvgIpc) is 3.07. The molecule has 0 spiro atoms. The van der Waals surface area contributed by atoms with Gasteiger partial charge in [0.05, 0.1) is 0 Å². The zero-order valence-electron chi connectivity index (χ0n) is 29.7. The molecule has 0 amide bonds. The molecule has 0 aliphatic carbocycles. The highest BCUT2D eigenvalue weighted by Crippen LogP contribution is 2.24. The van der Waals surface area contributed by atoms with Crippen molar-refractivity contribution in [2.24, 2.45) is 0 Å². The first kappa shape index (κ1) is 38.6. The van der Waals surface area contributed by atoms with E-state index in [0.717, 1.165) is 56.2 Å². The zero-order valence-corrected chi connectivity index (χ0v) is 29.7. The highest BCUT2D eigenvalue weighted by Gasteiger charge is 2.10. The first-order valence-corrected chi connectivity index (χ1v) is 17.0. The maximum Gasteiger partial charge on any atom is 0.0409 e. The maximum absolute atomic E-state index is 4.25. The Kier molecular flexibility index (Phi) is 18.7. The second-order valence-electron chi connectivity index (χ2n) is 11.7. The van der Waals surface area contributed by atoms with Gasteiger partial charge in [-0.15, -0.1) is 6.58 Å². The summed E-state index contributed by atoms with van der Waals surface area (Å²) in [6.07, 6.45) is 44.6. The van der Waals surface area contributed by atoms with Gasteiger partial charge in [-0.3, -0.25) is 0 Å². The van der Waals surface area contributed by atoms with Crippen LogP contribution in [-0.4, -0.2) is 11.4 Å². The molecule has 0 N–H and O–H groups in total. The Bertz CT molecular complexity index is 1510. The minimum atomic E-state index is 0.753. The standard InChI is InChI=1S/C46H57N/c1-9-14-25-46-45(22-11-3)24-18-16-15-17-19-34-47(46)35-20-23-41(21-10-2)37-42-29-32-44(33-30-42)43(13-5)31-28-40(8)36-39(7)27-26-38(6)12-4/h10-17,19-21,23,25-33,35H,3,7-9,18,22,24,34,36-37H2,1-2,4-6H3/b16-15?,19-17-,21-10-,25-14-,27-26-,31-28-,35-20+,38-12-,41-23+,43-13+,46-45-. The molecule has 0 saturated heterocycles. The van der Waals surface area contributed by atoms with E-state index in [1.165, 1.54) is 39.1 Å². The van der Waals surface area contributed by atoms with Crippen molar-refractivity contribution in [2.45, 2.75) is 73.1 Å². The third-order valence-electron chi connectivity index (χ3n) is 7.83. The van der Waals surface area contributed by atoms with Crippen LogP contribution >= 0.6 is 0 Å². The Hall–Kier alpha value is -4.62. The van der Waals surface area contributed by atoms with Crippen molar-refractivity contribution >= 4 is 5.57 Å². The fraction of sp³-hybridized carbons (Fsp3) is 0.261. The highest BCUT2D eigenvalue weighted by atomic mass is 15.1. The van der Waals surface area contributed by atoms with Crippen LogP contribution in [0.1, 0.15) is 77.8 Å². The van der Waals surface area contributed by atoms with Gasteiger partial charge in [0.2, 0.25) is 0 Å². The summed E-state index contributed by atoms with van der Waals surface area (Å²) < 4.78 is 0. The minimum absolute atomic E-state index is 0.753. The van der Waals surface area contributed by atoms with Gasteiger partial charge in [0.15, 0.2) is 0 Å². The van der Waals surface area contributed by atoms with Gasteiger partial charge in [0, 0.05) is 18.4 Å². The monoisotopic (exact) mass is 623 g/mol. The number of allylic oxidation sites excluding steroid dienone is 22. The van der Waals surface area contributed by atoms with Crippen molar-refractivity contribution in [1.29, 1.82) is 0 Å². The molecule has 246 valence electrons. The van der Waals surface area contributed by atoms with Gasteiger partial charge in [-0.25, -0.2) is 0 Å². The van der Waals surface area contributed by atoms with Gasteiger partial charge in [0.25, 0.3) is 0 Å². The van der Waals surface area contributed by atoms with Crippen molar-refractivity contribution in [1.82, 2.24) is 4.90 Å². The van der Waals surface area contributed by atoms with Gasteiger partial charge < -0.3 is 4.90 Å². The van der Waals surface area contributed by atoms with Crippen molar-refractivity contribution in [2.75, 3.05) is 6.54 Å². The van der Waals surface area contributed by atoms with Crippen LogP contribution in [0.2, 0.25) is 0 Å². The normalized spacial score (nSPS) is 18.0. The molecular weight excluding hydrogens is 567 g/mol. The third-order valence-corrected chi connectivity index (χ3v) is 7.83. The van der Waals surface area contributed by atoms with Gasteiger partial charge >= 0.3 is 0 Å². The largest absolute Gasteiger partial charge is 0.344 e. The molecule has 0 saturated carbocycles. The van der Waals surface area contributed by atoms with Crippen LogP contribution in [-0.2, 0) is 6.42 Å². The molecule has 1 aliphatic rings. The summed E-state index contributed by atoms with van der Waals surface area (Å²) in [5.41, 5.74) is 10.9. The molecule has 0 unspecified atom stereocenters. The summed E-state index contributed by atoms with van der Waals surface area (Å²) in [6, 6.07) is 8.90. The van der Waals surface area contributed by atoms with Crippen LogP contribution < -0.4 is 0 Å². The Morgan fingerprint density at radius 1 is 0.894 bits per heavy atom. The van der Waals surface area contributed by atoms with Crippen LogP contribution in [0.25, 0.3) is 5.57 Å².